The lowest BCUT2D eigenvalue weighted by atomic mass is 9.97. The molecule has 394 valence electrons. The standard InChI is InChI=1S/C36H64O31/c37-1-8(39)15(41)16(42)9(40)3-58-32-28(54)23(49)18(44)11(64-32)5-60-34-30(56)25(51)20(46)13(66-34)7-62-36-31(57)26(52)21(47)14(67-36)6-61-35-29(55)24(50)19(45)12(65-35)4-59-33-27(53)22(48)17(43)10(2-38)63-33/h8-57H,1-7H2/t8-,9+,10+,11+,12+,13+,14+,15+,16+,17+,18+,19+,20+,21+,22-,23-,24-,25-,26-,27+,28+,29+,30+,31+,32-,33-,34-,35-,36-/m0/s1. The maximum Gasteiger partial charge on any atom is 0.186 e. The van der Waals surface area contributed by atoms with Gasteiger partial charge in [-0.05, 0) is 0 Å². The van der Waals surface area contributed by atoms with E-state index in [2.05, 4.69) is 0 Å². The topological polar surface area (TPSA) is 517 Å². The quantitative estimate of drug-likeness (QED) is 0.0538. The average Bonchev–Trinajstić information content (AvgIpc) is 3.32. The molecule has 5 saturated heterocycles. The first-order chi connectivity index (χ1) is 31.5. The summed E-state index contributed by atoms with van der Waals surface area (Å²) in [5.74, 6) is 0. The first-order valence-electron chi connectivity index (χ1n) is 21.0. The predicted molar refractivity (Wildman–Crippen MR) is 201 cm³/mol. The third kappa shape index (κ3) is 13.1. The highest BCUT2D eigenvalue weighted by Gasteiger charge is 2.52. The van der Waals surface area contributed by atoms with E-state index in [4.69, 9.17) is 52.5 Å². The Morgan fingerprint density at radius 1 is 0.299 bits per heavy atom. The summed E-state index contributed by atoms with van der Waals surface area (Å²) in [6.45, 7) is -5.73. The predicted octanol–water partition coefficient (Wildman–Crippen LogP) is -14.5. The van der Waals surface area contributed by atoms with Crippen molar-refractivity contribution >= 4 is 0 Å². The van der Waals surface area contributed by atoms with Gasteiger partial charge in [0, 0.05) is 0 Å². The van der Waals surface area contributed by atoms with Gasteiger partial charge in [0.15, 0.2) is 31.5 Å². The maximum atomic E-state index is 10.7. The number of hydrogen-bond donors (Lipinski definition) is 21. The highest BCUT2D eigenvalue weighted by Crippen LogP contribution is 2.31. The molecule has 0 bridgehead atoms. The first kappa shape index (κ1) is 56.7. The summed E-state index contributed by atoms with van der Waals surface area (Å²) in [6.07, 6.45) is -53.5. The Kier molecular flexibility index (Phi) is 21.1. The zero-order valence-corrected chi connectivity index (χ0v) is 35.2. The molecule has 0 spiro atoms. The maximum absolute atomic E-state index is 10.7. The van der Waals surface area contributed by atoms with Gasteiger partial charge >= 0.3 is 0 Å². The van der Waals surface area contributed by atoms with Crippen LogP contribution in [-0.2, 0) is 47.4 Å². The van der Waals surface area contributed by atoms with Gasteiger partial charge in [0.2, 0.25) is 0 Å². The molecule has 0 amide bonds. The van der Waals surface area contributed by atoms with Crippen molar-refractivity contribution in [1.82, 2.24) is 0 Å². The third-order valence-electron chi connectivity index (χ3n) is 12.0. The third-order valence-corrected chi connectivity index (χ3v) is 12.0. The van der Waals surface area contributed by atoms with Crippen LogP contribution in [0.4, 0.5) is 0 Å². The van der Waals surface area contributed by atoms with Crippen molar-refractivity contribution < 1.29 is 155 Å². The van der Waals surface area contributed by atoms with Crippen LogP contribution in [0.25, 0.3) is 0 Å². The molecule has 29 atom stereocenters. The van der Waals surface area contributed by atoms with Crippen LogP contribution in [0, 0.1) is 0 Å². The molecule has 67 heavy (non-hydrogen) atoms. The van der Waals surface area contributed by atoms with Crippen molar-refractivity contribution in [3.8, 4) is 0 Å². The van der Waals surface area contributed by atoms with Gasteiger partial charge in [0.1, 0.15) is 146 Å². The Morgan fingerprint density at radius 2 is 0.537 bits per heavy atom. The van der Waals surface area contributed by atoms with E-state index in [9.17, 15) is 102 Å². The van der Waals surface area contributed by atoms with Crippen molar-refractivity contribution in [3.63, 3.8) is 0 Å². The van der Waals surface area contributed by atoms with Crippen molar-refractivity contribution in [2.24, 2.45) is 0 Å². The smallest absolute Gasteiger partial charge is 0.186 e. The summed E-state index contributed by atoms with van der Waals surface area (Å²) in [5, 5.41) is 215. The first-order valence-corrected chi connectivity index (χ1v) is 21.0. The largest absolute Gasteiger partial charge is 0.394 e. The van der Waals surface area contributed by atoms with Gasteiger partial charge in [-0.15, -0.1) is 0 Å². The molecule has 5 heterocycles. The molecule has 0 saturated carbocycles. The Hall–Kier alpha value is -1.24. The Morgan fingerprint density at radius 3 is 0.806 bits per heavy atom. The number of aliphatic hydroxyl groups is 21. The lowest BCUT2D eigenvalue weighted by Gasteiger charge is -2.44. The zero-order chi connectivity index (χ0) is 49.8. The number of hydrogen-bond acceptors (Lipinski definition) is 31. The molecule has 0 radical (unpaired) electrons. The van der Waals surface area contributed by atoms with E-state index in [-0.39, 0.29) is 0 Å². The second-order valence-electron chi connectivity index (χ2n) is 16.7. The molecule has 0 aromatic carbocycles. The molecule has 5 aliphatic rings. The molecular weight excluding hydrogens is 928 g/mol. The van der Waals surface area contributed by atoms with Crippen LogP contribution in [0.1, 0.15) is 0 Å². The van der Waals surface area contributed by atoms with E-state index in [1.54, 1.807) is 0 Å². The fourth-order valence-corrected chi connectivity index (χ4v) is 7.59. The molecule has 0 aliphatic carbocycles. The molecule has 0 unspecified atom stereocenters. The van der Waals surface area contributed by atoms with Crippen molar-refractivity contribution in [3.05, 3.63) is 0 Å². The molecule has 0 aromatic heterocycles. The van der Waals surface area contributed by atoms with E-state index >= 15 is 0 Å². The van der Waals surface area contributed by atoms with E-state index < -0.39 is 224 Å². The lowest BCUT2D eigenvalue weighted by Crippen LogP contribution is -2.63. The van der Waals surface area contributed by atoms with Gasteiger partial charge in [0.25, 0.3) is 0 Å². The van der Waals surface area contributed by atoms with E-state index in [0.29, 0.717) is 0 Å². The van der Waals surface area contributed by atoms with E-state index in [0.717, 1.165) is 0 Å². The molecule has 31 heteroatoms. The summed E-state index contributed by atoms with van der Waals surface area (Å²) in [4.78, 5) is 0. The van der Waals surface area contributed by atoms with Gasteiger partial charge in [-0.2, -0.15) is 0 Å². The molecule has 21 N–H and O–H groups in total. The summed E-state index contributed by atoms with van der Waals surface area (Å²) >= 11 is 0. The Labute approximate surface area is 378 Å². The van der Waals surface area contributed by atoms with Crippen molar-refractivity contribution in [2.75, 3.05) is 46.2 Å². The highest BCUT2D eigenvalue weighted by molar-refractivity contribution is 4.95. The second kappa shape index (κ2) is 24.9. The van der Waals surface area contributed by atoms with Crippen LogP contribution in [0.5, 0.6) is 0 Å². The normalized spacial score (nSPS) is 48.4. The van der Waals surface area contributed by atoms with Crippen LogP contribution >= 0.6 is 0 Å². The molecule has 0 aromatic rings. The van der Waals surface area contributed by atoms with Crippen molar-refractivity contribution in [1.29, 1.82) is 0 Å². The minimum Gasteiger partial charge on any atom is -0.394 e. The van der Waals surface area contributed by atoms with E-state index in [1.165, 1.54) is 0 Å². The Bertz CT molecular complexity index is 1460. The second-order valence-corrected chi connectivity index (χ2v) is 16.7. The lowest BCUT2D eigenvalue weighted by molar-refractivity contribution is -0.351. The zero-order valence-electron chi connectivity index (χ0n) is 35.2. The molecule has 31 nitrogen and oxygen atoms in total. The van der Waals surface area contributed by atoms with Crippen LogP contribution in [0.3, 0.4) is 0 Å². The number of aliphatic hydroxyl groups excluding tert-OH is 21. The van der Waals surface area contributed by atoms with Crippen LogP contribution in [-0.4, -0.2) is 331 Å². The summed E-state index contributed by atoms with van der Waals surface area (Å²) < 4.78 is 54.4. The van der Waals surface area contributed by atoms with Crippen LogP contribution in [0.2, 0.25) is 0 Å². The summed E-state index contributed by atoms with van der Waals surface area (Å²) in [7, 11) is 0. The van der Waals surface area contributed by atoms with Gasteiger partial charge in [-0.3, -0.25) is 0 Å². The Balaban J connectivity index is 1.14. The summed E-state index contributed by atoms with van der Waals surface area (Å²) in [6, 6.07) is 0. The molecule has 5 fully saturated rings. The van der Waals surface area contributed by atoms with Gasteiger partial charge in [0.05, 0.1) is 46.2 Å². The fraction of sp³-hybridized carbons (Fsp3) is 1.00. The van der Waals surface area contributed by atoms with Crippen LogP contribution < -0.4 is 0 Å². The average molecular weight is 993 g/mol. The van der Waals surface area contributed by atoms with Crippen molar-refractivity contribution in [2.45, 2.75) is 178 Å². The minimum absolute atomic E-state index is 0.699. The van der Waals surface area contributed by atoms with Crippen LogP contribution in [0.15, 0.2) is 0 Å². The molecule has 5 rings (SSSR count). The van der Waals surface area contributed by atoms with Gasteiger partial charge < -0.3 is 155 Å². The fourth-order valence-electron chi connectivity index (χ4n) is 7.59. The SMILES string of the molecule is OC[C@H](O)[C@@H](O)[C@H](O)[C@H](O)CO[C@H]1O[C@H](CO[C@H]2O[C@H](CO[C@H]3O[C@H](CO[C@H]4O[C@H](CO[C@H]5O[C@H](CO)[C@@H](O)[C@H](O)[C@H]5O)[C@@H](O)[C@H](O)[C@H]4O)[C@@H](O)[C@H](O)[C@H]3O)[C@@H](O)[C@H](O)[C@H]2O)[C@@H](O)[C@H](O)[C@H]1O. The molecule has 5 aliphatic heterocycles. The van der Waals surface area contributed by atoms with Gasteiger partial charge in [-0.25, -0.2) is 0 Å². The highest BCUT2D eigenvalue weighted by atomic mass is 16.8. The minimum atomic E-state index is -2.06. The molecular formula is C36H64O31. The van der Waals surface area contributed by atoms with Gasteiger partial charge in [-0.1, -0.05) is 0 Å². The summed E-state index contributed by atoms with van der Waals surface area (Å²) in [5.41, 5.74) is 0. The number of ether oxygens (including phenoxy) is 10. The monoisotopic (exact) mass is 992 g/mol. The van der Waals surface area contributed by atoms with E-state index in [1.807, 2.05) is 0 Å². The number of rotatable bonds is 20.